The summed E-state index contributed by atoms with van der Waals surface area (Å²) in [6.45, 7) is 8.35. The summed E-state index contributed by atoms with van der Waals surface area (Å²) in [6, 6.07) is 0.595. The van der Waals surface area contributed by atoms with Gasteiger partial charge in [0.05, 0.1) is 12.2 Å². The summed E-state index contributed by atoms with van der Waals surface area (Å²) in [7, 11) is 0. The summed E-state index contributed by atoms with van der Waals surface area (Å²) in [6.07, 6.45) is 3.95. The van der Waals surface area contributed by atoms with E-state index in [2.05, 4.69) is 26.1 Å². The van der Waals surface area contributed by atoms with Crippen molar-refractivity contribution in [2.75, 3.05) is 13.2 Å². The van der Waals surface area contributed by atoms with Gasteiger partial charge in [0.1, 0.15) is 0 Å². The van der Waals surface area contributed by atoms with Crippen LogP contribution in [0.5, 0.6) is 0 Å². The summed E-state index contributed by atoms with van der Waals surface area (Å²) >= 11 is 0. The number of nitrogens with one attached hydrogen (secondary N) is 1. The minimum Gasteiger partial charge on any atom is -0.473 e. The number of aliphatic carboxylic acids is 2. The molecule has 6 nitrogen and oxygen atoms in total. The normalized spacial score (nSPS) is 19.6. The summed E-state index contributed by atoms with van der Waals surface area (Å²) in [5, 5.41) is 18.2. The van der Waals surface area contributed by atoms with Gasteiger partial charge in [-0.1, -0.05) is 6.42 Å². The van der Waals surface area contributed by atoms with Gasteiger partial charge in [-0.3, -0.25) is 0 Å². The van der Waals surface area contributed by atoms with E-state index in [1.807, 2.05) is 0 Å². The van der Waals surface area contributed by atoms with E-state index in [-0.39, 0.29) is 5.60 Å². The van der Waals surface area contributed by atoms with Crippen molar-refractivity contribution in [2.24, 2.45) is 0 Å². The highest BCUT2D eigenvalue weighted by Gasteiger charge is 2.16. The van der Waals surface area contributed by atoms with Crippen molar-refractivity contribution in [1.82, 2.24) is 5.32 Å². The quantitative estimate of drug-likeness (QED) is 0.644. The van der Waals surface area contributed by atoms with E-state index in [4.69, 9.17) is 24.5 Å². The fourth-order valence-corrected chi connectivity index (χ4v) is 1.42. The van der Waals surface area contributed by atoms with Crippen LogP contribution in [0.2, 0.25) is 0 Å². The molecule has 0 aromatic rings. The van der Waals surface area contributed by atoms with E-state index in [0.29, 0.717) is 6.04 Å². The molecule has 0 bridgehead atoms. The standard InChI is InChI=1S/C10H21NO.C2H2O4/c1-10(2,3)12-8-9-6-4-5-7-11-9;3-1(4)2(5)6/h9,11H,4-8H2,1-3H3;(H,3,4)(H,5,6). The molecule has 0 aromatic carbocycles. The minimum atomic E-state index is -1.82. The van der Waals surface area contributed by atoms with Crippen molar-refractivity contribution in [3.05, 3.63) is 0 Å². The SMILES string of the molecule is CC(C)(C)OCC1CCCCN1.O=C(O)C(=O)O. The predicted molar refractivity (Wildman–Crippen MR) is 66.6 cm³/mol. The molecule has 1 rings (SSSR count). The number of hydrogen-bond donors (Lipinski definition) is 3. The Bertz CT molecular complexity index is 254. The van der Waals surface area contributed by atoms with Gasteiger partial charge in [-0.15, -0.1) is 0 Å². The highest BCUT2D eigenvalue weighted by molar-refractivity contribution is 6.27. The van der Waals surface area contributed by atoms with Gasteiger partial charge in [-0.2, -0.15) is 0 Å². The molecule has 1 saturated heterocycles. The molecule has 6 heteroatoms. The van der Waals surface area contributed by atoms with Crippen LogP contribution in [0.25, 0.3) is 0 Å². The van der Waals surface area contributed by atoms with E-state index in [1.54, 1.807) is 0 Å². The number of carboxylic acids is 2. The highest BCUT2D eigenvalue weighted by Crippen LogP contribution is 2.12. The average Bonchev–Trinajstić information content (AvgIpc) is 2.27. The van der Waals surface area contributed by atoms with Crippen molar-refractivity contribution >= 4 is 11.9 Å². The number of piperidine rings is 1. The van der Waals surface area contributed by atoms with Gasteiger partial charge in [-0.25, -0.2) is 9.59 Å². The molecule has 0 aliphatic carbocycles. The second-order valence-electron chi connectivity index (χ2n) is 5.18. The van der Waals surface area contributed by atoms with Crippen LogP contribution < -0.4 is 5.32 Å². The van der Waals surface area contributed by atoms with Crippen LogP contribution in [0.1, 0.15) is 40.0 Å². The van der Waals surface area contributed by atoms with Crippen LogP contribution in [0.4, 0.5) is 0 Å². The highest BCUT2D eigenvalue weighted by atomic mass is 16.5. The predicted octanol–water partition coefficient (Wildman–Crippen LogP) is 1.10. The molecule has 0 radical (unpaired) electrons. The van der Waals surface area contributed by atoms with Crippen molar-refractivity contribution in [1.29, 1.82) is 0 Å². The van der Waals surface area contributed by atoms with Crippen LogP contribution in [-0.4, -0.2) is 46.9 Å². The maximum absolute atomic E-state index is 9.10. The second-order valence-corrected chi connectivity index (χ2v) is 5.18. The molecule has 0 aromatic heterocycles. The first-order chi connectivity index (χ1) is 8.22. The van der Waals surface area contributed by atoms with E-state index >= 15 is 0 Å². The molecule has 1 aliphatic heterocycles. The number of ether oxygens (including phenoxy) is 1. The lowest BCUT2D eigenvalue weighted by molar-refractivity contribution is -0.159. The van der Waals surface area contributed by atoms with E-state index in [9.17, 15) is 0 Å². The molecule has 1 heterocycles. The molecular weight excluding hydrogens is 238 g/mol. The smallest absolute Gasteiger partial charge is 0.414 e. The minimum absolute atomic E-state index is 0.0130. The molecule has 3 N–H and O–H groups in total. The van der Waals surface area contributed by atoms with E-state index in [0.717, 1.165) is 13.2 Å². The number of carboxylic acid groups (broad SMARTS) is 2. The van der Waals surface area contributed by atoms with Gasteiger partial charge < -0.3 is 20.3 Å². The van der Waals surface area contributed by atoms with Crippen molar-refractivity contribution < 1.29 is 24.5 Å². The largest absolute Gasteiger partial charge is 0.473 e. The van der Waals surface area contributed by atoms with Gasteiger partial charge in [0, 0.05) is 6.04 Å². The monoisotopic (exact) mass is 261 g/mol. The van der Waals surface area contributed by atoms with Gasteiger partial charge in [0.25, 0.3) is 0 Å². The first-order valence-corrected chi connectivity index (χ1v) is 6.06. The van der Waals surface area contributed by atoms with Crippen LogP contribution in [-0.2, 0) is 14.3 Å². The van der Waals surface area contributed by atoms with Crippen LogP contribution in [0, 0.1) is 0 Å². The first kappa shape index (κ1) is 16.9. The lowest BCUT2D eigenvalue weighted by Gasteiger charge is -2.27. The maximum atomic E-state index is 9.10. The third-order valence-corrected chi connectivity index (χ3v) is 2.31. The molecule has 1 aliphatic rings. The molecule has 1 unspecified atom stereocenters. The summed E-state index contributed by atoms with van der Waals surface area (Å²) in [5.41, 5.74) is 0.0130. The zero-order valence-corrected chi connectivity index (χ0v) is 11.2. The maximum Gasteiger partial charge on any atom is 0.414 e. The zero-order valence-electron chi connectivity index (χ0n) is 11.2. The Balaban J connectivity index is 0.000000411. The third-order valence-electron chi connectivity index (χ3n) is 2.31. The second kappa shape index (κ2) is 8.05. The molecular formula is C12H23NO5. The van der Waals surface area contributed by atoms with Crippen LogP contribution in [0.15, 0.2) is 0 Å². The molecule has 1 fully saturated rings. The Morgan fingerprint density at radius 1 is 1.22 bits per heavy atom. The van der Waals surface area contributed by atoms with Crippen molar-refractivity contribution in [2.45, 2.75) is 51.7 Å². The van der Waals surface area contributed by atoms with E-state index in [1.165, 1.54) is 19.3 Å². The Morgan fingerprint density at radius 2 is 1.78 bits per heavy atom. The first-order valence-electron chi connectivity index (χ1n) is 6.06. The lowest BCUT2D eigenvalue weighted by atomic mass is 10.1. The molecule has 0 saturated carbocycles. The summed E-state index contributed by atoms with van der Waals surface area (Å²) in [4.78, 5) is 18.2. The Morgan fingerprint density at radius 3 is 2.11 bits per heavy atom. The van der Waals surface area contributed by atoms with E-state index < -0.39 is 11.9 Å². The van der Waals surface area contributed by atoms with Gasteiger partial charge in [0.15, 0.2) is 0 Å². The third kappa shape index (κ3) is 10.0. The molecule has 0 spiro atoms. The zero-order chi connectivity index (χ0) is 14.2. The van der Waals surface area contributed by atoms with Crippen molar-refractivity contribution in [3.8, 4) is 0 Å². The van der Waals surface area contributed by atoms with Crippen LogP contribution >= 0.6 is 0 Å². The average molecular weight is 261 g/mol. The lowest BCUT2D eigenvalue weighted by Crippen LogP contribution is -2.39. The number of carbonyl (C=O) groups is 2. The van der Waals surface area contributed by atoms with Crippen LogP contribution in [0.3, 0.4) is 0 Å². The molecule has 0 amide bonds. The Labute approximate surface area is 107 Å². The molecule has 18 heavy (non-hydrogen) atoms. The number of rotatable bonds is 2. The van der Waals surface area contributed by atoms with Gasteiger partial charge in [0.2, 0.25) is 0 Å². The topological polar surface area (TPSA) is 95.9 Å². The fraction of sp³-hybridized carbons (Fsp3) is 0.833. The Kier molecular flexibility index (Phi) is 7.54. The van der Waals surface area contributed by atoms with Gasteiger partial charge >= 0.3 is 11.9 Å². The Hall–Kier alpha value is -1.14. The summed E-state index contributed by atoms with van der Waals surface area (Å²) < 4.78 is 5.71. The molecule has 1 atom stereocenters. The fourth-order valence-electron chi connectivity index (χ4n) is 1.42. The summed E-state index contributed by atoms with van der Waals surface area (Å²) in [5.74, 6) is -3.65. The van der Waals surface area contributed by atoms with Crippen molar-refractivity contribution in [3.63, 3.8) is 0 Å². The van der Waals surface area contributed by atoms with Gasteiger partial charge in [-0.05, 0) is 40.2 Å². The number of hydrogen-bond acceptors (Lipinski definition) is 4. The molecule has 106 valence electrons.